The maximum atomic E-state index is 13.7. The van der Waals surface area contributed by atoms with E-state index in [4.69, 9.17) is 14.6 Å². The Hall–Kier alpha value is -4.93. The van der Waals surface area contributed by atoms with E-state index in [2.05, 4.69) is 18.6 Å². The number of halogens is 2. The van der Waals surface area contributed by atoms with Crippen molar-refractivity contribution in [2.45, 2.75) is 59.0 Å². The van der Waals surface area contributed by atoms with Gasteiger partial charge in [0.1, 0.15) is 5.56 Å². The van der Waals surface area contributed by atoms with E-state index in [1.165, 1.54) is 6.92 Å². The molecule has 0 aliphatic heterocycles. The number of esters is 5. The zero-order valence-corrected chi connectivity index (χ0v) is 23.6. The third-order valence-corrected chi connectivity index (χ3v) is 5.25. The van der Waals surface area contributed by atoms with Crippen LogP contribution < -0.4 is 5.63 Å². The largest absolute Gasteiger partial charge is 0.503 e. The minimum Gasteiger partial charge on any atom is -0.503 e. The minimum atomic E-state index is -2.08. The molecule has 17 heteroatoms. The van der Waals surface area contributed by atoms with Gasteiger partial charge in [-0.25, -0.2) is 18.8 Å². The van der Waals surface area contributed by atoms with E-state index in [1.54, 1.807) is 6.92 Å². The van der Waals surface area contributed by atoms with Gasteiger partial charge in [-0.05, 0) is 25.5 Å². The van der Waals surface area contributed by atoms with Crippen molar-refractivity contribution >= 4 is 47.1 Å². The standard InChI is InChI=1S/C13H10F2O5.C13H18O10/c1-3-19-12(17)8-5(2)6-4-7(14)10(16)9(15)11(6)20-13(8)18;1-6(15)21-9(5-14)11(22-7(2)16)12(23-8(3)17)10(18)13(19)20-4/h4,16H,3H2,1-2H3;5,9-12,18H,1-4H3/t;9-,10-,11+,12+/m.0/s1. The summed E-state index contributed by atoms with van der Waals surface area (Å²) in [7, 11) is 0.959. The number of aliphatic hydroxyl groups is 1. The number of fused-ring (bicyclic) bond motifs is 1. The number of hydrogen-bond donors (Lipinski definition) is 2. The van der Waals surface area contributed by atoms with Gasteiger partial charge in [0, 0.05) is 26.2 Å². The number of aromatic hydroxyl groups is 1. The van der Waals surface area contributed by atoms with Crippen LogP contribution in [0.15, 0.2) is 15.3 Å². The molecule has 1 aromatic carbocycles. The van der Waals surface area contributed by atoms with Gasteiger partial charge in [0.2, 0.25) is 5.82 Å². The second-order valence-electron chi connectivity index (χ2n) is 8.33. The second kappa shape index (κ2) is 15.9. The molecule has 15 nitrogen and oxygen atoms in total. The first-order valence-electron chi connectivity index (χ1n) is 12.1. The van der Waals surface area contributed by atoms with Crippen LogP contribution in [0.5, 0.6) is 5.75 Å². The number of phenolic OH excluding ortho intramolecular Hbond substituents is 1. The van der Waals surface area contributed by atoms with Crippen LogP contribution in [0.2, 0.25) is 0 Å². The molecule has 0 amide bonds. The van der Waals surface area contributed by atoms with E-state index >= 15 is 0 Å². The number of benzene rings is 1. The van der Waals surface area contributed by atoms with Crippen molar-refractivity contribution < 1.29 is 75.9 Å². The molecule has 0 spiro atoms. The van der Waals surface area contributed by atoms with Gasteiger partial charge < -0.3 is 38.3 Å². The average Bonchev–Trinajstić information content (AvgIpc) is 2.92. The summed E-state index contributed by atoms with van der Waals surface area (Å²) in [6.07, 6.45) is -7.24. The summed E-state index contributed by atoms with van der Waals surface area (Å²) < 4.78 is 54.8. The van der Waals surface area contributed by atoms with Gasteiger partial charge in [-0.15, -0.1) is 0 Å². The molecule has 0 aliphatic carbocycles. The van der Waals surface area contributed by atoms with Crippen molar-refractivity contribution in [3.63, 3.8) is 0 Å². The molecule has 4 atom stereocenters. The lowest BCUT2D eigenvalue weighted by Gasteiger charge is -2.31. The van der Waals surface area contributed by atoms with Crippen LogP contribution >= 0.6 is 0 Å². The quantitative estimate of drug-likeness (QED) is 0.163. The zero-order chi connectivity index (χ0) is 33.2. The molecule has 2 rings (SSSR count). The number of carbonyl (C=O) groups is 6. The summed E-state index contributed by atoms with van der Waals surface area (Å²) in [5.41, 5.74) is -2.13. The Bertz CT molecular complexity index is 1450. The number of carbonyl (C=O) groups excluding carboxylic acids is 6. The van der Waals surface area contributed by atoms with E-state index in [1.807, 2.05) is 0 Å². The lowest BCUT2D eigenvalue weighted by molar-refractivity contribution is -0.196. The average molecular weight is 618 g/mol. The van der Waals surface area contributed by atoms with E-state index in [0.717, 1.165) is 33.9 Å². The fraction of sp³-hybridized carbons (Fsp3) is 0.423. The van der Waals surface area contributed by atoms with Gasteiger partial charge in [-0.1, -0.05) is 0 Å². The number of aliphatic hydroxyl groups excluding tert-OH is 1. The van der Waals surface area contributed by atoms with Crippen LogP contribution in [-0.4, -0.2) is 84.5 Å². The first kappa shape index (κ1) is 36.1. The predicted molar refractivity (Wildman–Crippen MR) is 136 cm³/mol. The number of ether oxygens (including phenoxy) is 5. The molecule has 0 saturated heterocycles. The number of hydrogen-bond acceptors (Lipinski definition) is 15. The van der Waals surface area contributed by atoms with E-state index in [9.17, 15) is 47.4 Å². The number of aldehydes is 1. The summed E-state index contributed by atoms with van der Waals surface area (Å²) in [5, 5.41) is 18.9. The Morgan fingerprint density at radius 2 is 1.53 bits per heavy atom. The monoisotopic (exact) mass is 618 g/mol. The minimum absolute atomic E-state index is 0.0208. The summed E-state index contributed by atoms with van der Waals surface area (Å²) in [4.78, 5) is 79.3. The molecule has 0 fully saturated rings. The van der Waals surface area contributed by atoms with Crippen molar-refractivity contribution in [1.29, 1.82) is 0 Å². The van der Waals surface area contributed by atoms with Gasteiger partial charge >= 0.3 is 35.5 Å². The molecule has 0 saturated carbocycles. The van der Waals surface area contributed by atoms with Crippen LogP contribution in [0.4, 0.5) is 8.78 Å². The van der Waals surface area contributed by atoms with Crippen LogP contribution in [0.1, 0.15) is 43.6 Å². The van der Waals surface area contributed by atoms with Gasteiger partial charge in [0.25, 0.3) is 0 Å². The van der Waals surface area contributed by atoms with Crippen LogP contribution in [-0.2, 0) is 47.7 Å². The zero-order valence-electron chi connectivity index (χ0n) is 23.6. The molecule has 43 heavy (non-hydrogen) atoms. The highest BCUT2D eigenvalue weighted by molar-refractivity contribution is 5.96. The molecular formula is C26H28F2O15. The second-order valence-corrected chi connectivity index (χ2v) is 8.33. The van der Waals surface area contributed by atoms with E-state index < -0.39 is 88.4 Å². The Morgan fingerprint density at radius 3 is 2.00 bits per heavy atom. The third-order valence-electron chi connectivity index (χ3n) is 5.25. The van der Waals surface area contributed by atoms with Gasteiger partial charge in [-0.2, -0.15) is 4.39 Å². The van der Waals surface area contributed by atoms with Crippen LogP contribution in [0, 0.1) is 18.6 Å². The fourth-order valence-corrected chi connectivity index (χ4v) is 3.48. The fourth-order valence-electron chi connectivity index (χ4n) is 3.48. The molecule has 2 aromatic rings. The van der Waals surface area contributed by atoms with Crippen molar-refractivity contribution in [2.24, 2.45) is 0 Å². The number of phenols is 1. The SMILES string of the molecule is CCOC(=O)c1c(C)c2cc(F)c(O)c(F)c2oc1=O.COC(=O)[C@@H](O)[C@@H](OC(C)=O)[C@H](OC(C)=O)[C@H](C=O)OC(C)=O. The number of methoxy groups -OCH3 is 1. The lowest BCUT2D eigenvalue weighted by atomic mass is 10.0. The van der Waals surface area contributed by atoms with E-state index in [-0.39, 0.29) is 23.8 Å². The first-order chi connectivity index (χ1) is 20.0. The maximum absolute atomic E-state index is 13.7. The predicted octanol–water partition coefficient (Wildman–Crippen LogP) is 0.776. The molecule has 0 unspecified atom stereocenters. The van der Waals surface area contributed by atoms with Gasteiger partial charge in [0.05, 0.1) is 13.7 Å². The highest BCUT2D eigenvalue weighted by Crippen LogP contribution is 2.30. The van der Waals surface area contributed by atoms with Gasteiger partial charge in [0.15, 0.2) is 47.9 Å². The molecule has 0 bridgehead atoms. The first-order valence-corrected chi connectivity index (χ1v) is 12.1. The summed E-state index contributed by atoms with van der Waals surface area (Å²) >= 11 is 0. The highest BCUT2D eigenvalue weighted by atomic mass is 19.1. The van der Waals surface area contributed by atoms with Crippen molar-refractivity contribution in [1.82, 2.24) is 0 Å². The van der Waals surface area contributed by atoms with E-state index in [0.29, 0.717) is 0 Å². The lowest BCUT2D eigenvalue weighted by Crippen LogP contribution is -2.53. The van der Waals surface area contributed by atoms with Gasteiger partial charge in [-0.3, -0.25) is 19.2 Å². The van der Waals surface area contributed by atoms with Crippen LogP contribution in [0.3, 0.4) is 0 Å². The highest BCUT2D eigenvalue weighted by Gasteiger charge is 2.44. The molecule has 236 valence electrons. The summed E-state index contributed by atoms with van der Waals surface area (Å²) in [5.74, 6) is -8.77. The number of rotatable bonds is 10. The molecule has 1 heterocycles. The Labute approximate surface area is 241 Å². The Balaban J connectivity index is 0.000000433. The van der Waals surface area contributed by atoms with Crippen molar-refractivity contribution in [3.05, 3.63) is 39.2 Å². The van der Waals surface area contributed by atoms with Crippen molar-refractivity contribution in [2.75, 3.05) is 13.7 Å². The summed E-state index contributed by atoms with van der Waals surface area (Å²) in [6.45, 7) is 5.84. The molecule has 0 radical (unpaired) electrons. The Kier molecular flexibility index (Phi) is 13.3. The Morgan fingerprint density at radius 1 is 1.00 bits per heavy atom. The molecule has 0 aliphatic rings. The van der Waals surface area contributed by atoms with Crippen LogP contribution in [0.25, 0.3) is 11.0 Å². The maximum Gasteiger partial charge on any atom is 0.351 e. The third kappa shape index (κ3) is 9.29. The normalized spacial score (nSPS) is 13.2. The smallest absolute Gasteiger partial charge is 0.351 e. The number of aryl methyl sites for hydroxylation is 1. The molecule has 2 N–H and O–H groups in total. The topological polar surface area (TPSA) is 219 Å². The molecular weight excluding hydrogens is 590 g/mol. The van der Waals surface area contributed by atoms with Crippen molar-refractivity contribution in [3.8, 4) is 5.75 Å². The molecule has 1 aromatic heterocycles. The summed E-state index contributed by atoms with van der Waals surface area (Å²) in [6, 6.07) is 0.786.